The maximum Gasteiger partial charge on any atom is 0.0491 e. The third-order valence-electron chi connectivity index (χ3n) is 13.5. The van der Waals surface area contributed by atoms with E-state index in [2.05, 4.69) is 145 Å². The third-order valence-corrected chi connectivity index (χ3v) is 13.5. The molecule has 0 N–H and O–H groups in total. The van der Waals surface area contributed by atoms with Crippen LogP contribution in [0.15, 0.2) is 0 Å². The van der Waals surface area contributed by atoms with Crippen molar-refractivity contribution in [3.05, 3.63) is 0 Å². The lowest BCUT2D eigenvalue weighted by atomic mass is 9.77. The number of rotatable bonds is 21. The van der Waals surface area contributed by atoms with E-state index in [0.717, 1.165) is 54.6 Å². The Morgan fingerprint density at radius 3 is 0.638 bits per heavy atom. The standard InChI is InChI=1S/C12H26.C10H22O.2C9H20.C6H14/c1-7-9(3)11(5)12(6)10(4)8-2;1-5-9(3)7-11-8-10(4)6-2;2*1-5-9(6-2,7-3)8-4;1-4-6(3)5-2/h9-12H,7-8H2,1-6H3;9-10H,5-8H2,1-4H3;2*5-8H2,1-4H3;6H,4-5H2,1-3H3. The first-order valence-corrected chi connectivity index (χ1v) is 21.6. The summed E-state index contributed by atoms with van der Waals surface area (Å²) < 4.78 is 5.54. The maximum atomic E-state index is 5.54. The molecule has 0 heterocycles. The van der Waals surface area contributed by atoms with Gasteiger partial charge in [0.05, 0.1) is 0 Å². The van der Waals surface area contributed by atoms with E-state index >= 15 is 0 Å². The first kappa shape index (κ1) is 56.3. The van der Waals surface area contributed by atoms with Gasteiger partial charge in [-0.25, -0.2) is 0 Å². The maximum absolute atomic E-state index is 5.54. The Morgan fingerprint density at radius 1 is 0.319 bits per heavy atom. The van der Waals surface area contributed by atoms with Crippen LogP contribution in [0.4, 0.5) is 0 Å². The topological polar surface area (TPSA) is 9.23 Å². The molecule has 6 atom stereocenters. The Kier molecular flexibility index (Phi) is 44.6. The van der Waals surface area contributed by atoms with Gasteiger partial charge >= 0.3 is 0 Å². The van der Waals surface area contributed by atoms with Gasteiger partial charge in [-0.1, -0.05) is 235 Å². The first-order valence-electron chi connectivity index (χ1n) is 21.6. The molecular weight excluding hydrogens is 569 g/mol. The molecule has 0 aromatic heterocycles. The van der Waals surface area contributed by atoms with E-state index < -0.39 is 0 Å². The van der Waals surface area contributed by atoms with Crippen molar-refractivity contribution in [3.63, 3.8) is 0 Å². The summed E-state index contributed by atoms with van der Waals surface area (Å²) in [6, 6.07) is 0. The molecule has 0 saturated heterocycles. The van der Waals surface area contributed by atoms with Gasteiger partial charge in [0.1, 0.15) is 0 Å². The quantitative estimate of drug-likeness (QED) is 0.118. The first-order chi connectivity index (χ1) is 22.0. The molecular formula is C46H102O. The average Bonchev–Trinajstić information content (AvgIpc) is 3.13. The van der Waals surface area contributed by atoms with Gasteiger partial charge in [-0.2, -0.15) is 0 Å². The molecule has 47 heavy (non-hydrogen) atoms. The van der Waals surface area contributed by atoms with Crippen LogP contribution in [0.3, 0.4) is 0 Å². The minimum atomic E-state index is 0.667. The van der Waals surface area contributed by atoms with Crippen LogP contribution in [0.1, 0.15) is 235 Å². The summed E-state index contributed by atoms with van der Waals surface area (Å²) in [7, 11) is 0. The van der Waals surface area contributed by atoms with Crippen molar-refractivity contribution in [3.8, 4) is 0 Å². The van der Waals surface area contributed by atoms with Crippen LogP contribution in [0, 0.1) is 52.3 Å². The lowest BCUT2D eigenvalue weighted by molar-refractivity contribution is 0.0780. The zero-order valence-corrected chi connectivity index (χ0v) is 37.8. The van der Waals surface area contributed by atoms with Crippen molar-refractivity contribution in [2.24, 2.45) is 52.3 Å². The van der Waals surface area contributed by atoms with Crippen LogP contribution >= 0.6 is 0 Å². The molecule has 0 aromatic rings. The molecule has 0 spiro atoms. The smallest absolute Gasteiger partial charge is 0.0491 e. The largest absolute Gasteiger partial charge is 0.381 e. The third kappa shape index (κ3) is 30.5. The molecule has 0 aliphatic heterocycles. The number of hydrogen-bond donors (Lipinski definition) is 0. The van der Waals surface area contributed by atoms with Gasteiger partial charge < -0.3 is 4.74 Å². The summed E-state index contributed by atoms with van der Waals surface area (Å²) in [6.07, 6.45) is 18.5. The van der Waals surface area contributed by atoms with Crippen molar-refractivity contribution in [2.45, 2.75) is 235 Å². The molecule has 0 fully saturated rings. The fourth-order valence-corrected chi connectivity index (χ4v) is 5.77. The normalized spacial score (nSPS) is 15.2. The van der Waals surface area contributed by atoms with Crippen molar-refractivity contribution >= 4 is 0 Å². The highest BCUT2D eigenvalue weighted by Gasteiger charge is 2.22. The number of ether oxygens (including phenoxy) is 1. The Bertz CT molecular complexity index is 476. The average molecular weight is 671 g/mol. The molecule has 292 valence electrons. The second-order valence-corrected chi connectivity index (χ2v) is 15.8. The van der Waals surface area contributed by atoms with Crippen LogP contribution < -0.4 is 0 Å². The highest BCUT2D eigenvalue weighted by Crippen LogP contribution is 2.34. The Balaban J connectivity index is -0.000000159. The van der Waals surface area contributed by atoms with Gasteiger partial charge in [0.2, 0.25) is 0 Å². The molecule has 0 saturated carbocycles. The number of hydrogen-bond acceptors (Lipinski definition) is 1. The molecule has 0 radical (unpaired) electrons. The Labute approximate surface area is 304 Å². The van der Waals surface area contributed by atoms with Gasteiger partial charge in [-0.15, -0.1) is 0 Å². The van der Waals surface area contributed by atoms with Crippen LogP contribution in [0.2, 0.25) is 0 Å². The van der Waals surface area contributed by atoms with Gasteiger partial charge in [-0.05, 0) is 52.3 Å². The summed E-state index contributed by atoms with van der Waals surface area (Å²) in [6.45, 7) is 50.1. The Hall–Kier alpha value is -0.0400. The van der Waals surface area contributed by atoms with Crippen molar-refractivity contribution in [2.75, 3.05) is 13.2 Å². The molecule has 1 nitrogen and oxygen atoms in total. The Morgan fingerprint density at radius 2 is 0.532 bits per heavy atom. The molecule has 6 unspecified atom stereocenters. The van der Waals surface area contributed by atoms with Gasteiger partial charge in [0, 0.05) is 13.2 Å². The SMILES string of the molecule is CCC(C)C(C)C(C)C(C)CC.CCC(C)CC.CCC(C)COCC(C)CC.CCC(CC)(CC)CC.CCC(CC)(CC)CC. The molecule has 0 aliphatic rings. The molecule has 1 heteroatoms. The van der Waals surface area contributed by atoms with E-state index in [1.165, 1.54) is 89.9 Å². The van der Waals surface area contributed by atoms with E-state index in [4.69, 9.17) is 4.74 Å². The van der Waals surface area contributed by atoms with E-state index in [-0.39, 0.29) is 0 Å². The predicted octanol–water partition coefficient (Wildman–Crippen LogP) is 17.1. The summed E-state index contributed by atoms with van der Waals surface area (Å²) in [5, 5.41) is 0. The summed E-state index contributed by atoms with van der Waals surface area (Å²) in [5.74, 6) is 5.90. The van der Waals surface area contributed by atoms with E-state index in [0.29, 0.717) is 10.8 Å². The monoisotopic (exact) mass is 671 g/mol. The van der Waals surface area contributed by atoms with Crippen LogP contribution in [0.5, 0.6) is 0 Å². The van der Waals surface area contributed by atoms with Crippen LogP contribution in [-0.4, -0.2) is 13.2 Å². The minimum Gasteiger partial charge on any atom is -0.381 e. The molecule has 0 aromatic carbocycles. The van der Waals surface area contributed by atoms with Crippen LogP contribution in [-0.2, 0) is 4.74 Å². The van der Waals surface area contributed by atoms with Crippen molar-refractivity contribution in [1.82, 2.24) is 0 Å². The zero-order valence-electron chi connectivity index (χ0n) is 37.8. The lowest BCUT2D eigenvalue weighted by Crippen LogP contribution is -2.21. The molecule has 0 aliphatic carbocycles. The van der Waals surface area contributed by atoms with Crippen molar-refractivity contribution < 1.29 is 4.74 Å². The summed E-state index contributed by atoms with van der Waals surface area (Å²) >= 11 is 0. The summed E-state index contributed by atoms with van der Waals surface area (Å²) in [5.41, 5.74) is 1.33. The molecule has 0 amide bonds. The van der Waals surface area contributed by atoms with E-state index in [1.54, 1.807) is 0 Å². The molecule has 0 bridgehead atoms. The second kappa shape index (κ2) is 37.2. The summed E-state index contributed by atoms with van der Waals surface area (Å²) in [4.78, 5) is 0. The second-order valence-electron chi connectivity index (χ2n) is 15.8. The van der Waals surface area contributed by atoms with Crippen molar-refractivity contribution in [1.29, 1.82) is 0 Å². The highest BCUT2D eigenvalue weighted by atomic mass is 16.5. The van der Waals surface area contributed by atoms with Crippen LogP contribution in [0.25, 0.3) is 0 Å². The van der Waals surface area contributed by atoms with Gasteiger partial charge in [-0.3, -0.25) is 0 Å². The van der Waals surface area contributed by atoms with E-state index in [9.17, 15) is 0 Å². The molecule has 0 rings (SSSR count). The predicted molar refractivity (Wildman–Crippen MR) is 224 cm³/mol. The highest BCUT2D eigenvalue weighted by molar-refractivity contribution is 4.73. The van der Waals surface area contributed by atoms with Gasteiger partial charge in [0.15, 0.2) is 0 Å². The zero-order chi connectivity index (χ0) is 38.1. The fourth-order valence-electron chi connectivity index (χ4n) is 5.77. The van der Waals surface area contributed by atoms with E-state index in [1.807, 2.05) is 0 Å². The fraction of sp³-hybridized carbons (Fsp3) is 1.00. The van der Waals surface area contributed by atoms with Gasteiger partial charge in [0.25, 0.3) is 0 Å². The lowest BCUT2D eigenvalue weighted by Gasteiger charge is -2.29. The minimum absolute atomic E-state index is 0.667.